The van der Waals surface area contributed by atoms with Gasteiger partial charge in [-0.15, -0.1) is 0 Å². The van der Waals surface area contributed by atoms with E-state index in [4.69, 9.17) is 0 Å². The van der Waals surface area contributed by atoms with Crippen molar-refractivity contribution in [1.29, 1.82) is 0 Å². The van der Waals surface area contributed by atoms with Gasteiger partial charge in [-0.1, -0.05) is 115 Å². The molecule has 0 amide bonds. The zero-order valence-electron chi connectivity index (χ0n) is 27.1. The van der Waals surface area contributed by atoms with Gasteiger partial charge in [0.15, 0.2) is 23.0 Å². The average molecular weight is 685 g/mol. The van der Waals surface area contributed by atoms with Gasteiger partial charge in [-0.05, 0) is 60.6 Å². The van der Waals surface area contributed by atoms with Crippen LogP contribution in [0.1, 0.15) is 0 Å². The summed E-state index contributed by atoms with van der Waals surface area (Å²) in [7, 11) is 0. The minimum atomic E-state index is -1.02. The van der Waals surface area contributed by atoms with E-state index < -0.39 is 46.0 Å². The first kappa shape index (κ1) is 30.7. The van der Waals surface area contributed by atoms with Gasteiger partial charge in [-0.25, -0.2) is 0 Å². The van der Waals surface area contributed by atoms with Crippen molar-refractivity contribution in [2.24, 2.45) is 0 Å². The first-order valence-corrected chi connectivity index (χ1v) is 16.4. The van der Waals surface area contributed by atoms with Gasteiger partial charge in [0.2, 0.25) is 23.0 Å². The molecule has 0 fully saturated rings. The number of aromatic hydroxyl groups is 8. The summed E-state index contributed by atoms with van der Waals surface area (Å²) in [6.07, 6.45) is 0. The Hall–Kier alpha value is -7.32. The normalized spacial score (nSPS) is 11.7. The summed E-state index contributed by atoms with van der Waals surface area (Å²) in [6.45, 7) is 0. The maximum absolute atomic E-state index is 11.8. The highest BCUT2D eigenvalue weighted by Gasteiger charge is 2.33. The van der Waals surface area contributed by atoms with Crippen molar-refractivity contribution in [2.45, 2.75) is 0 Å². The third-order valence-corrected chi connectivity index (χ3v) is 10.1. The molecule has 8 nitrogen and oxygen atoms in total. The van der Waals surface area contributed by atoms with Gasteiger partial charge in [-0.2, -0.15) is 0 Å². The van der Waals surface area contributed by atoms with E-state index in [1.54, 1.807) is 24.3 Å². The van der Waals surface area contributed by atoms with Crippen molar-refractivity contribution in [3.05, 3.63) is 121 Å². The lowest BCUT2D eigenvalue weighted by Crippen LogP contribution is -1.95. The van der Waals surface area contributed by atoms with Crippen LogP contribution in [0, 0.1) is 0 Å². The molecule has 0 heterocycles. The summed E-state index contributed by atoms with van der Waals surface area (Å²) in [5, 5.41) is 95.2. The third kappa shape index (κ3) is 4.15. The average Bonchev–Trinajstić information content (AvgIpc) is 3.19. The first-order chi connectivity index (χ1) is 25.2. The van der Waals surface area contributed by atoms with Gasteiger partial charge >= 0.3 is 0 Å². The molecule has 0 unspecified atom stereocenters. The minimum Gasteiger partial charge on any atom is -0.504 e. The molecule has 0 atom stereocenters. The SMILES string of the molecule is Oc1c(O)c(O)c2c(-c3cc4ccc5ccccc5c4c4ccccc34)c3c(O)c(O)c(O)c(O)c3c(-c3ccc(-c4ccccc4)cc3)c2c1O. The lowest BCUT2D eigenvalue weighted by molar-refractivity contribution is 0.350. The van der Waals surface area contributed by atoms with Crippen LogP contribution in [0.15, 0.2) is 121 Å². The number of phenolic OH excluding ortho intramolecular Hbond substituents is 8. The van der Waals surface area contributed by atoms with Gasteiger partial charge in [0.25, 0.3) is 0 Å². The Kier molecular flexibility index (Phi) is 6.55. The fraction of sp³-hybridized carbons (Fsp3) is 0. The summed E-state index contributed by atoms with van der Waals surface area (Å²) in [4.78, 5) is 0. The molecule has 0 aliphatic carbocycles. The van der Waals surface area contributed by atoms with Crippen molar-refractivity contribution in [3.63, 3.8) is 0 Å². The predicted molar refractivity (Wildman–Crippen MR) is 204 cm³/mol. The molecule has 252 valence electrons. The van der Waals surface area contributed by atoms with Gasteiger partial charge in [0.05, 0.1) is 0 Å². The maximum atomic E-state index is 11.8. The summed E-state index contributed by atoms with van der Waals surface area (Å²) in [6, 6.07) is 37.6. The number of fused-ring (bicyclic) bond motifs is 7. The van der Waals surface area contributed by atoms with Crippen LogP contribution in [0.25, 0.3) is 87.2 Å². The quantitative estimate of drug-likeness (QED) is 0.0395. The second-order valence-electron chi connectivity index (χ2n) is 12.8. The van der Waals surface area contributed by atoms with Crippen LogP contribution in [-0.2, 0) is 0 Å². The first-order valence-electron chi connectivity index (χ1n) is 16.4. The number of hydrogen-bond acceptors (Lipinski definition) is 8. The van der Waals surface area contributed by atoms with Gasteiger partial charge < -0.3 is 40.9 Å². The second kappa shape index (κ2) is 11.1. The van der Waals surface area contributed by atoms with Gasteiger partial charge in [-0.3, -0.25) is 0 Å². The van der Waals surface area contributed by atoms with Crippen LogP contribution in [-0.4, -0.2) is 40.9 Å². The fourth-order valence-corrected chi connectivity index (χ4v) is 7.72. The van der Waals surface area contributed by atoms with Crippen molar-refractivity contribution in [3.8, 4) is 79.4 Å². The van der Waals surface area contributed by atoms with E-state index in [0.717, 1.165) is 38.1 Å². The molecule has 8 N–H and O–H groups in total. The summed E-state index contributed by atoms with van der Waals surface area (Å²) in [5.41, 5.74) is 2.49. The molecule has 0 aliphatic rings. The summed E-state index contributed by atoms with van der Waals surface area (Å²) >= 11 is 0. The molecule has 0 radical (unpaired) electrons. The topological polar surface area (TPSA) is 162 Å². The molecular weight excluding hydrogens is 656 g/mol. The molecule has 0 saturated heterocycles. The van der Waals surface area contributed by atoms with Crippen molar-refractivity contribution in [1.82, 2.24) is 0 Å². The summed E-state index contributed by atoms with van der Waals surface area (Å²) in [5.74, 6) is -7.34. The van der Waals surface area contributed by atoms with E-state index in [-0.39, 0.29) is 32.7 Å². The molecule has 0 aromatic heterocycles. The second-order valence-corrected chi connectivity index (χ2v) is 12.8. The standard InChI is InChI=1S/C44H28O8/c45-37-33-31(24-17-14-22(15-18-24)21-8-2-1-3-9-21)34-36(40(48)44(52)42(50)38(34)46)32(35(33)39(47)43(51)41(37)49)29-20-25-19-16-23-10-4-5-11-26(23)30(25)28-13-7-6-12-27(28)29/h1-20,45-52H. The number of hydrogen-bond donors (Lipinski definition) is 8. The number of phenols is 8. The highest BCUT2D eigenvalue weighted by Crippen LogP contribution is 2.62. The molecule has 52 heavy (non-hydrogen) atoms. The maximum Gasteiger partial charge on any atom is 0.204 e. The fourth-order valence-electron chi connectivity index (χ4n) is 7.72. The summed E-state index contributed by atoms with van der Waals surface area (Å²) < 4.78 is 0. The Morgan fingerprint density at radius 3 is 1.27 bits per heavy atom. The molecular formula is C44H28O8. The Bertz CT molecular complexity index is 2890. The van der Waals surface area contributed by atoms with Crippen molar-refractivity contribution in [2.75, 3.05) is 0 Å². The zero-order valence-corrected chi connectivity index (χ0v) is 27.1. The van der Waals surface area contributed by atoms with Crippen LogP contribution in [0.3, 0.4) is 0 Å². The van der Waals surface area contributed by atoms with Crippen LogP contribution in [0.4, 0.5) is 0 Å². The van der Waals surface area contributed by atoms with E-state index in [9.17, 15) is 40.9 Å². The Labute approximate surface area is 294 Å². The van der Waals surface area contributed by atoms with Crippen molar-refractivity contribution >= 4 is 53.9 Å². The van der Waals surface area contributed by atoms with E-state index >= 15 is 0 Å². The van der Waals surface area contributed by atoms with Crippen LogP contribution in [0.2, 0.25) is 0 Å². The molecule has 8 heteroatoms. The van der Waals surface area contributed by atoms with E-state index in [0.29, 0.717) is 16.5 Å². The monoisotopic (exact) mass is 684 g/mol. The van der Waals surface area contributed by atoms with Crippen LogP contribution < -0.4 is 0 Å². The number of rotatable bonds is 3. The Morgan fingerprint density at radius 2 is 0.692 bits per heavy atom. The third-order valence-electron chi connectivity index (χ3n) is 10.1. The molecule has 9 aromatic rings. The molecule has 0 aliphatic heterocycles. The number of benzene rings is 9. The van der Waals surface area contributed by atoms with E-state index in [2.05, 4.69) is 0 Å². The smallest absolute Gasteiger partial charge is 0.204 e. The van der Waals surface area contributed by atoms with Crippen molar-refractivity contribution < 1.29 is 40.9 Å². The lowest BCUT2D eigenvalue weighted by Gasteiger charge is -2.23. The predicted octanol–water partition coefficient (Wildman–Crippen LogP) is 10.1. The van der Waals surface area contributed by atoms with E-state index in [1.807, 2.05) is 97.1 Å². The largest absolute Gasteiger partial charge is 0.504 e. The molecule has 9 rings (SSSR count). The highest BCUT2D eigenvalue weighted by atomic mass is 16.4. The highest BCUT2D eigenvalue weighted by molar-refractivity contribution is 6.32. The lowest BCUT2D eigenvalue weighted by atomic mass is 9.81. The zero-order chi connectivity index (χ0) is 36.0. The van der Waals surface area contributed by atoms with Gasteiger partial charge in [0, 0.05) is 32.7 Å². The molecule has 0 bridgehead atoms. The van der Waals surface area contributed by atoms with E-state index in [1.165, 1.54) is 0 Å². The molecule has 9 aromatic carbocycles. The Morgan fingerprint density at radius 1 is 0.269 bits per heavy atom. The minimum absolute atomic E-state index is 0.00403. The Balaban J connectivity index is 1.53. The van der Waals surface area contributed by atoms with Crippen LogP contribution in [0.5, 0.6) is 46.0 Å². The molecule has 0 spiro atoms. The molecule has 0 saturated carbocycles. The van der Waals surface area contributed by atoms with Crippen LogP contribution >= 0.6 is 0 Å². The van der Waals surface area contributed by atoms with Gasteiger partial charge in [0.1, 0.15) is 0 Å².